The first-order chi connectivity index (χ1) is 15.6. The number of allylic oxidation sites excluding steroid dienone is 1. The molecule has 0 unspecified atom stereocenters. The second kappa shape index (κ2) is 10.8. The topological polar surface area (TPSA) is 59.0 Å². The maximum absolute atomic E-state index is 13.3. The molecule has 1 amide bonds. The summed E-state index contributed by atoms with van der Waals surface area (Å²) in [7, 11) is 1.90. The predicted molar refractivity (Wildman–Crippen MR) is 124 cm³/mol. The van der Waals surface area contributed by atoms with Crippen LogP contribution in [0.25, 0.3) is 0 Å². The minimum absolute atomic E-state index is 0.0242. The van der Waals surface area contributed by atoms with E-state index in [-0.39, 0.29) is 24.5 Å². The van der Waals surface area contributed by atoms with Crippen molar-refractivity contribution in [3.63, 3.8) is 0 Å². The summed E-state index contributed by atoms with van der Waals surface area (Å²) in [5.41, 5.74) is 3.03. The monoisotopic (exact) mass is 435 g/mol. The first-order valence-electron chi connectivity index (χ1n) is 11.6. The molecule has 2 aliphatic rings. The molecule has 1 fully saturated rings. The molecular formula is C27H33NO4. The van der Waals surface area contributed by atoms with Gasteiger partial charge < -0.3 is 19.5 Å². The van der Waals surface area contributed by atoms with Crippen LogP contribution in [0, 0.1) is 0 Å². The molecule has 5 heteroatoms. The van der Waals surface area contributed by atoms with Gasteiger partial charge >= 0.3 is 0 Å². The van der Waals surface area contributed by atoms with Gasteiger partial charge in [0.1, 0.15) is 0 Å². The van der Waals surface area contributed by atoms with E-state index in [0.29, 0.717) is 18.8 Å². The molecule has 2 aromatic rings. The molecule has 2 aromatic carbocycles. The van der Waals surface area contributed by atoms with Gasteiger partial charge in [-0.15, -0.1) is 0 Å². The molecule has 1 N–H and O–H groups in total. The largest absolute Gasteiger partial charge is 0.459 e. The number of aliphatic hydroxyl groups is 1. The van der Waals surface area contributed by atoms with Gasteiger partial charge in [-0.05, 0) is 35.6 Å². The van der Waals surface area contributed by atoms with Crippen LogP contribution in [-0.4, -0.2) is 35.3 Å². The third-order valence-electron chi connectivity index (χ3n) is 6.58. The highest BCUT2D eigenvalue weighted by Gasteiger charge is 2.32. The van der Waals surface area contributed by atoms with Crippen molar-refractivity contribution < 1.29 is 19.4 Å². The van der Waals surface area contributed by atoms with E-state index in [1.807, 2.05) is 60.5 Å². The maximum Gasteiger partial charge on any atom is 0.288 e. The van der Waals surface area contributed by atoms with Crippen LogP contribution in [-0.2, 0) is 27.5 Å². The van der Waals surface area contributed by atoms with Crippen LogP contribution in [0.4, 0.5) is 0 Å². The van der Waals surface area contributed by atoms with Gasteiger partial charge in [-0.25, -0.2) is 0 Å². The number of aliphatic hydroxyl groups excluding tert-OH is 1. The van der Waals surface area contributed by atoms with Gasteiger partial charge in [-0.3, -0.25) is 4.79 Å². The molecule has 170 valence electrons. The van der Waals surface area contributed by atoms with Gasteiger partial charge in [0, 0.05) is 25.4 Å². The molecule has 0 saturated heterocycles. The Hall–Kier alpha value is -2.63. The van der Waals surface area contributed by atoms with Crippen molar-refractivity contribution in [1.29, 1.82) is 0 Å². The fourth-order valence-electron chi connectivity index (χ4n) is 4.58. The number of carbonyl (C=O) groups is 1. The van der Waals surface area contributed by atoms with Crippen LogP contribution in [0.5, 0.6) is 0 Å². The normalized spacial score (nSPS) is 21.5. The second-order valence-corrected chi connectivity index (χ2v) is 8.82. The van der Waals surface area contributed by atoms with Crippen molar-refractivity contribution in [2.45, 2.75) is 70.0 Å². The maximum atomic E-state index is 13.3. The van der Waals surface area contributed by atoms with Crippen molar-refractivity contribution in [3.05, 3.63) is 83.1 Å². The van der Waals surface area contributed by atoms with Crippen LogP contribution in [0.1, 0.15) is 61.1 Å². The minimum Gasteiger partial charge on any atom is -0.459 e. The van der Waals surface area contributed by atoms with E-state index in [1.165, 1.54) is 19.3 Å². The molecule has 1 aliphatic carbocycles. The van der Waals surface area contributed by atoms with Crippen molar-refractivity contribution in [2.24, 2.45) is 0 Å². The average molecular weight is 436 g/mol. The smallest absolute Gasteiger partial charge is 0.288 e. The summed E-state index contributed by atoms with van der Waals surface area (Å²) in [6.45, 7) is 0.411. The van der Waals surface area contributed by atoms with E-state index in [4.69, 9.17) is 9.47 Å². The summed E-state index contributed by atoms with van der Waals surface area (Å²) >= 11 is 0. The standard InChI is InChI=1S/C27H33NO4/c1-28(24-10-6-3-7-11-24)27(30)25-16-23(22-8-4-2-5-9-22)17-26(32-25)31-19-21-14-12-20(18-29)13-15-21/h2,4-5,8-9,12-16,23-24,26,29H,3,6-7,10-11,17-19H2,1H3/t23-,26+/m1/s1. The minimum atomic E-state index is -0.499. The van der Waals surface area contributed by atoms with E-state index in [1.54, 1.807) is 0 Å². The zero-order chi connectivity index (χ0) is 22.3. The number of hydrogen-bond donors (Lipinski definition) is 1. The SMILES string of the molecule is CN(C(=O)C1=C[C@@H](c2ccccc2)C[C@@H](OCc2ccc(CO)cc2)O1)C1CCCCC1. The zero-order valence-corrected chi connectivity index (χ0v) is 18.8. The molecule has 0 spiro atoms. The van der Waals surface area contributed by atoms with Gasteiger partial charge in [0.25, 0.3) is 5.91 Å². The number of ether oxygens (including phenoxy) is 2. The van der Waals surface area contributed by atoms with Crippen LogP contribution in [0.2, 0.25) is 0 Å². The highest BCUT2D eigenvalue weighted by molar-refractivity contribution is 5.91. The zero-order valence-electron chi connectivity index (χ0n) is 18.8. The van der Waals surface area contributed by atoms with E-state index < -0.39 is 6.29 Å². The van der Waals surface area contributed by atoms with E-state index in [0.717, 1.165) is 29.5 Å². The summed E-state index contributed by atoms with van der Waals surface area (Å²) in [5, 5.41) is 9.23. The fourth-order valence-corrected chi connectivity index (χ4v) is 4.58. The van der Waals surface area contributed by atoms with Gasteiger partial charge in [0.05, 0.1) is 13.2 Å². The van der Waals surface area contributed by atoms with E-state index >= 15 is 0 Å². The highest BCUT2D eigenvalue weighted by Crippen LogP contribution is 2.33. The number of likely N-dealkylation sites (N-methyl/N-ethyl adjacent to an activating group) is 1. The Morgan fingerprint density at radius 3 is 2.41 bits per heavy atom. The Kier molecular flexibility index (Phi) is 7.61. The molecule has 4 rings (SSSR count). The van der Waals surface area contributed by atoms with Crippen molar-refractivity contribution >= 4 is 5.91 Å². The average Bonchev–Trinajstić information content (AvgIpc) is 2.87. The quantitative estimate of drug-likeness (QED) is 0.672. The Bertz CT molecular complexity index is 903. The molecule has 1 saturated carbocycles. The summed E-state index contributed by atoms with van der Waals surface area (Å²) in [6.07, 6.45) is 7.84. The molecule has 32 heavy (non-hydrogen) atoms. The van der Waals surface area contributed by atoms with Gasteiger partial charge in [0.2, 0.25) is 6.29 Å². The van der Waals surface area contributed by atoms with Crippen LogP contribution in [0.15, 0.2) is 66.4 Å². The van der Waals surface area contributed by atoms with Crippen molar-refractivity contribution in [2.75, 3.05) is 7.05 Å². The molecule has 0 bridgehead atoms. The Morgan fingerprint density at radius 1 is 1.03 bits per heavy atom. The van der Waals surface area contributed by atoms with Crippen LogP contribution < -0.4 is 0 Å². The first kappa shape index (κ1) is 22.6. The highest BCUT2D eigenvalue weighted by atomic mass is 16.7. The van der Waals surface area contributed by atoms with Crippen molar-refractivity contribution in [3.8, 4) is 0 Å². The lowest BCUT2D eigenvalue weighted by molar-refractivity contribution is -0.156. The first-order valence-corrected chi connectivity index (χ1v) is 11.6. The number of hydrogen-bond acceptors (Lipinski definition) is 4. The molecule has 2 atom stereocenters. The Labute approximate surface area is 190 Å². The molecule has 0 radical (unpaired) electrons. The number of amides is 1. The Balaban J connectivity index is 1.48. The summed E-state index contributed by atoms with van der Waals surface area (Å²) < 4.78 is 12.2. The number of rotatable bonds is 7. The fraction of sp³-hybridized carbons (Fsp3) is 0.444. The number of nitrogens with zero attached hydrogens (tertiary/aromatic N) is 1. The molecular weight excluding hydrogens is 402 g/mol. The van der Waals surface area contributed by atoms with Gasteiger partial charge in [0.15, 0.2) is 5.76 Å². The van der Waals surface area contributed by atoms with E-state index in [9.17, 15) is 9.90 Å². The molecule has 5 nitrogen and oxygen atoms in total. The lowest BCUT2D eigenvalue weighted by Gasteiger charge is -2.34. The summed E-state index contributed by atoms with van der Waals surface area (Å²) in [4.78, 5) is 15.2. The number of benzene rings is 2. The molecule has 1 heterocycles. The summed E-state index contributed by atoms with van der Waals surface area (Å²) in [5.74, 6) is 0.391. The van der Waals surface area contributed by atoms with Crippen molar-refractivity contribution in [1.82, 2.24) is 4.90 Å². The van der Waals surface area contributed by atoms with Gasteiger partial charge in [-0.2, -0.15) is 0 Å². The predicted octanol–water partition coefficient (Wildman–Crippen LogP) is 4.90. The molecule has 1 aliphatic heterocycles. The Morgan fingerprint density at radius 2 is 1.72 bits per heavy atom. The molecule has 0 aromatic heterocycles. The lowest BCUT2D eigenvalue weighted by Crippen LogP contribution is -2.41. The third-order valence-corrected chi connectivity index (χ3v) is 6.58. The van der Waals surface area contributed by atoms with Crippen LogP contribution >= 0.6 is 0 Å². The third kappa shape index (κ3) is 5.59. The van der Waals surface area contributed by atoms with Crippen LogP contribution in [0.3, 0.4) is 0 Å². The van der Waals surface area contributed by atoms with Gasteiger partial charge in [-0.1, -0.05) is 73.9 Å². The number of carbonyl (C=O) groups excluding carboxylic acids is 1. The lowest BCUT2D eigenvalue weighted by atomic mass is 9.92. The van der Waals surface area contributed by atoms with E-state index in [2.05, 4.69) is 12.1 Å². The summed E-state index contributed by atoms with van der Waals surface area (Å²) in [6, 6.07) is 18.2. The second-order valence-electron chi connectivity index (χ2n) is 8.82.